The van der Waals surface area contributed by atoms with Crippen LogP contribution in [-0.2, 0) is 6.42 Å². The van der Waals surface area contributed by atoms with Crippen molar-refractivity contribution in [1.29, 1.82) is 0 Å². The minimum Gasteiger partial charge on any atom is -0.497 e. The molecule has 26 heavy (non-hydrogen) atoms. The molecular formula is C19H30ClIN4O. The predicted molar refractivity (Wildman–Crippen MR) is 119 cm³/mol. The number of guanidine groups is 1. The van der Waals surface area contributed by atoms with Crippen LogP contribution in [0.2, 0.25) is 5.02 Å². The van der Waals surface area contributed by atoms with E-state index in [9.17, 15) is 0 Å². The van der Waals surface area contributed by atoms with Crippen molar-refractivity contribution in [2.24, 2.45) is 4.99 Å². The van der Waals surface area contributed by atoms with Gasteiger partial charge in [-0.2, -0.15) is 0 Å². The summed E-state index contributed by atoms with van der Waals surface area (Å²) >= 11 is 6.32. The van der Waals surface area contributed by atoms with Gasteiger partial charge in [-0.3, -0.25) is 9.89 Å². The van der Waals surface area contributed by atoms with Crippen LogP contribution < -0.4 is 10.1 Å². The molecule has 0 aliphatic carbocycles. The van der Waals surface area contributed by atoms with Crippen LogP contribution in [0.1, 0.15) is 24.8 Å². The lowest BCUT2D eigenvalue weighted by Gasteiger charge is -2.25. The van der Waals surface area contributed by atoms with Crippen LogP contribution in [0.4, 0.5) is 0 Å². The Kier molecular flexibility index (Phi) is 8.76. The lowest BCUT2D eigenvalue weighted by atomic mass is 10.1. The molecule has 0 amide bonds. The number of aliphatic imine (C=N–C) groups is 1. The Hall–Kier alpha value is -0.730. The standard InChI is InChI=1S/C19H29ClN4O.HI/c1-21-19(24-12-8-16(14-24)23-10-3-4-11-23)22-9-7-15-5-6-17(25-2)13-18(15)20;/h5-6,13,16H,3-4,7-12,14H2,1-2H3,(H,21,22);1H. The summed E-state index contributed by atoms with van der Waals surface area (Å²) in [5.74, 6) is 1.80. The van der Waals surface area contributed by atoms with Crippen LogP contribution in [0.15, 0.2) is 23.2 Å². The SMILES string of the molecule is CN=C(NCCc1ccc(OC)cc1Cl)N1CCC(N2CCCC2)C1.I. The van der Waals surface area contributed by atoms with Gasteiger partial charge in [-0.1, -0.05) is 17.7 Å². The first-order valence-corrected chi connectivity index (χ1v) is 9.61. The molecule has 5 nitrogen and oxygen atoms in total. The van der Waals surface area contributed by atoms with Gasteiger partial charge in [0.05, 0.1) is 7.11 Å². The largest absolute Gasteiger partial charge is 0.497 e. The molecule has 1 atom stereocenters. The Balaban J connectivity index is 0.00000243. The molecule has 0 spiro atoms. The van der Waals surface area contributed by atoms with Crippen molar-refractivity contribution >= 4 is 41.5 Å². The van der Waals surface area contributed by atoms with Crippen molar-refractivity contribution in [2.75, 3.05) is 46.9 Å². The molecule has 146 valence electrons. The van der Waals surface area contributed by atoms with E-state index in [4.69, 9.17) is 16.3 Å². The Morgan fingerprint density at radius 1 is 1.31 bits per heavy atom. The van der Waals surface area contributed by atoms with Crippen LogP contribution in [0.3, 0.4) is 0 Å². The van der Waals surface area contributed by atoms with E-state index < -0.39 is 0 Å². The number of nitrogens with one attached hydrogen (secondary N) is 1. The van der Waals surface area contributed by atoms with Crippen LogP contribution in [-0.4, -0.2) is 68.7 Å². The van der Waals surface area contributed by atoms with Crippen LogP contribution in [0.5, 0.6) is 5.75 Å². The van der Waals surface area contributed by atoms with E-state index in [1.54, 1.807) is 7.11 Å². The van der Waals surface area contributed by atoms with Gasteiger partial charge >= 0.3 is 0 Å². The van der Waals surface area contributed by atoms with Gasteiger partial charge in [0.2, 0.25) is 0 Å². The average Bonchev–Trinajstić information content (AvgIpc) is 3.31. The van der Waals surface area contributed by atoms with Crippen molar-refractivity contribution in [1.82, 2.24) is 15.1 Å². The van der Waals surface area contributed by atoms with E-state index in [1.165, 1.54) is 32.4 Å². The van der Waals surface area contributed by atoms with Gasteiger partial charge in [0.25, 0.3) is 0 Å². The molecule has 2 heterocycles. The van der Waals surface area contributed by atoms with Crippen molar-refractivity contribution < 1.29 is 4.74 Å². The molecule has 1 aromatic rings. The van der Waals surface area contributed by atoms with Gasteiger partial charge in [-0.25, -0.2) is 0 Å². The molecule has 0 radical (unpaired) electrons. The normalized spacial score (nSPS) is 21.0. The number of likely N-dealkylation sites (tertiary alicyclic amines) is 2. The lowest BCUT2D eigenvalue weighted by molar-refractivity contribution is 0.249. The highest BCUT2D eigenvalue weighted by Gasteiger charge is 2.30. The second-order valence-corrected chi connectivity index (χ2v) is 7.22. The third-order valence-corrected chi connectivity index (χ3v) is 5.62. The van der Waals surface area contributed by atoms with Crippen LogP contribution in [0.25, 0.3) is 0 Å². The average molecular weight is 493 g/mol. The second-order valence-electron chi connectivity index (χ2n) is 6.81. The lowest BCUT2D eigenvalue weighted by Crippen LogP contribution is -2.43. The summed E-state index contributed by atoms with van der Waals surface area (Å²) in [7, 11) is 3.52. The van der Waals surface area contributed by atoms with Crippen LogP contribution in [0, 0.1) is 0 Å². The fourth-order valence-electron chi connectivity index (χ4n) is 3.84. The molecule has 1 unspecified atom stereocenters. The van der Waals surface area contributed by atoms with Gasteiger partial charge in [-0.05, 0) is 56.5 Å². The third-order valence-electron chi connectivity index (χ3n) is 5.27. The Labute approximate surface area is 179 Å². The molecule has 0 aromatic heterocycles. The molecule has 0 saturated carbocycles. The second kappa shape index (κ2) is 10.6. The highest BCUT2D eigenvalue weighted by Crippen LogP contribution is 2.23. The Bertz CT molecular complexity index is 607. The number of methoxy groups -OCH3 is 1. The first-order valence-electron chi connectivity index (χ1n) is 9.23. The zero-order valence-corrected chi connectivity index (χ0v) is 18.8. The maximum absolute atomic E-state index is 6.32. The van der Waals surface area contributed by atoms with Gasteiger partial charge in [-0.15, -0.1) is 24.0 Å². The van der Waals surface area contributed by atoms with E-state index in [0.717, 1.165) is 48.4 Å². The van der Waals surface area contributed by atoms with E-state index in [2.05, 4.69) is 20.1 Å². The maximum Gasteiger partial charge on any atom is 0.193 e. The van der Waals surface area contributed by atoms with E-state index in [0.29, 0.717) is 6.04 Å². The fraction of sp³-hybridized carbons (Fsp3) is 0.632. The van der Waals surface area contributed by atoms with Crippen molar-refractivity contribution in [2.45, 2.75) is 31.7 Å². The summed E-state index contributed by atoms with van der Waals surface area (Å²) in [6, 6.07) is 6.55. The highest BCUT2D eigenvalue weighted by atomic mass is 127. The van der Waals surface area contributed by atoms with Gasteiger partial charge < -0.3 is 15.0 Å². The van der Waals surface area contributed by atoms with Crippen molar-refractivity contribution in [3.8, 4) is 5.75 Å². The summed E-state index contributed by atoms with van der Waals surface area (Å²) < 4.78 is 5.20. The smallest absolute Gasteiger partial charge is 0.193 e. The van der Waals surface area contributed by atoms with Crippen molar-refractivity contribution in [3.63, 3.8) is 0 Å². The van der Waals surface area contributed by atoms with E-state index in [-0.39, 0.29) is 24.0 Å². The fourth-order valence-corrected chi connectivity index (χ4v) is 4.10. The topological polar surface area (TPSA) is 40.1 Å². The summed E-state index contributed by atoms with van der Waals surface area (Å²) in [6.45, 7) is 5.53. The van der Waals surface area contributed by atoms with Crippen LogP contribution >= 0.6 is 35.6 Å². The molecule has 2 aliphatic heterocycles. The quantitative estimate of drug-likeness (QED) is 0.389. The maximum atomic E-state index is 6.32. The predicted octanol–water partition coefficient (Wildman–Crippen LogP) is 3.25. The number of hydrogen-bond acceptors (Lipinski definition) is 3. The first-order chi connectivity index (χ1) is 12.2. The Morgan fingerprint density at radius 3 is 2.73 bits per heavy atom. The van der Waals surface area contributed by atoms with Gasteiger partial charge in [0.15, 0.2) is 5.96 Å². The number of rotatable bonds is 5. The molecule has 3 rings (SSSR count). The molecule has 7 heteroatoms. The number of ether oxygens (including phenoxy) is 1. The minimum atomic E-state index is 0. The number of benzene rings is 1. The molecule has 2 aliphatic rings. The first kappa shape index (κ1) is 21.6. The van der Waals surface area contributed by atoms with Crippen molar-refractivity contribution in [3.05, 3.63) is 28.8 Å². The van der Waals surface area contributed by atoms with Gasteiger partial charge in [0.1, 0.15) is 5.75 Å². The third kappa shape index (κ3) is 5.39. The molecular weight excluding hydrogens is 463 g/mol. The monoisotopic (exact) mass is 492 g/mol. The number of halogens is 2. The Morgan fingerprint density at radius 2 is 2.08 bits per heavy atom. The summed E-state index contributed by atoms with van der Waals surface area (Å²) in [4.78, 5) is 9.50. The number of nitrogens with zero attached hydrogens (tertiary/aromatic N) is 3. The summed E-state index contributed by atoms with van der Waals surface area (Å²) in [6.07, 6.45) is 4.81. The zero-order valence-electron chi connectivity index (χ0n) is 15.7. The number of hydrogen-bond donors (Lipinski definition) is 1. The highest BCUT2D eigenvalue weighted by molar-refractivity contribution is 14.0. The molecule has 1 aromatic carbocycles. The van der Waals surface area contributed by atoms with Gasteiger partial charge in [0, 0.05) is 37.7 Å². The van der Waals surface area contributed by atoms with E-state index in [1.807, 2.05) is 25.2 Å². The molecule has 2 fully saturated rings. The van der Waals surface area contributed by atoms with E-state index >= 15 is 0 Å². The molecule has 0 bridgehead atoms. The molecule has 2 saturated heterocycles. The minimum absolute atomic E-state index is 0. The molecule has 1 N–H and O–H groups in total. The summed E-state index contributed by atoms with van der Waals surface area (Å²) in [5, 5.41) is 4.25. The summed E-state index contributed by atoms with van der Waals surface area (Å²) in [5.41, 5.74) is 1.13. The zero-order chi connectivity index (χ0) is 17.6.